The molecule has 0 aliphatic heterocycles. The summed E-state index contributed by atoms with van der Waals surface area (Å²) in [7, 11) is 0. The van der Waals surface area contributed by atoms with Crippen molar-refractivity contribution in [2.45, 2.75) is 26.2 Å². The van der Waals surface area contributed by atoms with Crippen LogP contribution in [0.3, 0.4) is 0 Å². The highest BCUT2D eigenvalue weighted by molar-refractivity contribution is 7.77. The van der Waals surface area contributed by atoms with Crippen LogP contribution in [0.4, 0.5) is 4.79 Å². The summed E-state index contributed by atoms with van der Waals surface area (Å²) in [6.45, 7) is 4.13. The van der Waals surface area contributed by atoms with Crippen molar-refractivity contribution in [3.8, 4) is 22.7 Å². The molecule has 0 saturated heterocycles. The molecule has 0 spiro atoms. The quantitative estimate of drug-likeness (QED) is 0.259. The Kier molecular flexibility index (Phi) is 8.20. The first-order valence-electron chi connectivity index (χ1n) is 11.4. The van der Waals surface area contributed by atoms with Gasteiger partial charge in [0.1, 0.15) is 5.82 Å². The average Bonchev–Trinajstić information content (AvgIpc) is 3.32. The van der Waals surface area contributed by atoms with E-state index < -0.39 is 17.4 Å². The van der Waals surface area contributed by atoms with E-state index in [1.54, 1.807) is 18.2 Å². The minimum Gasteiger partial charge on any atom is -0.755 e. The van der Waals surface area contributed by atoms with E-state index in [4.69, 9.17) is 21.3 Å². The van der Waals surface area contributed by atoms with Crippen LogP contribution in [0.5, 0.6) is 5.75 Å². The van der Waals surface area contributed by atoms with Crippen molar-refractivity contribution in [3.63, 3.8) is 0 Å². The zero-order valence-electron chi connectivity index (χ0n) is 19.8. The summed E-state index contributed by atoms with van der Waals surface area (Å²) in [5, 5.41) is 0.216. The highest BCUT2D eigenvalue weighted by atomic mass is 35.5. The van der Waals surface area contributed by atoms with E-state index in [0.717, 1.165) is 28.3 Å². The summed E-state index contributed by atoms with van der Waals surface area (Å²) < 4.78 is 31.2. The molecule has 1 unspecified atom stereocenters. The van der Waals surface area contributed by atoms with Crippen molar-refractivity contribution in [3.05, 3.63) is 101 Å². The first-order valence-corrected chi connectivity index (χ1v) is 12.8. The number of rotatable bonds is 8. The lowest BCUT2D eigenvalue weighted by Crippen LogP contribution is -2.36. The third kappa shape index (κ3) is 6.02. The van der Waals surface area contributed by atoms with Crippen LogP contribution in [0.15, 0.2) is 85.1 Å². The number of carbonyl (C=O) groups excluding carboxylic acids is 1. The van der Waals surface area contributed by atoms with Crippen molar-refractivity contribution >= 4 is 29.0 Å². The Hall–Kier alpha value is -3.46. The first kappa shape index (κ1) is 25.6. The van der Waals surface area contributed by atoms with Gasteiger partial charge in [-0.15, -0.1) is 0 Å². The van der Waals surface area contributed by atoms with Gasteiger partial charge in [0.05, 0.1) is 22.0 Å². The van der Waals surface area contributed by atoms with Crippen LogP contribution in [0.2, 0.25) is 5.02 Å². The average molecular weight is 523 g/mol. The monoisotopic (exact) mass is 522 g/mol. The summed E-state index contributed by atoms with van der Waals surface area (Å²) in [4.78, 5) is 17.3. The van der Waals surface area contributed by atoms with Gasteiger partial charge < -0.3 is 13.9 Å². The molecule has 4 aromatic rings. The van der Waals surface area contributed by atoms with Crippen molar-refractivity contribution in [2.75, 3.05) is 6.54 Å². The van der Waals surface area contributed by atoms with Crippen molar-refractivity contribution in [2.24, 2.45) is 0 Å². The number of imidazole rings is 1. The molecule has 7 nitrogen and oxygen atoms in total. The lowest BCUT2D eigenvalue weighted by atomic mass is 10.1. The number of hydrogen-bond acceptors (Lipinski definition) is 5. The molecule has 0 bridgehead atoms. The molecular weight excluding hydrogens is 498 g/mol. The number of amides is 1. The van der Waals surface area contributed by atoms with E-state index in [9.17, 15) is 13.6 Å². The summed E-state index contributed by atoms with van der Waals surface area (Å²) in [6.07, 6.45) is 1.33. The summed E-state index contributed by atoms with van der Waals surface area (Å²) in [6, 6.07) is 24.1. The molecule has 1 aromatic heterocycles. The van der Waals surface area contributed by atoms with Crippen LogP contribution in [0.1, 0.15) is 31.2 Å². The lowest BCUT2D eigenvalue weighted by molar-refractivity contribution is 0.178. The number of hydrogen-bond donors (Lipinski definition) is 0. The number of nitrogens with zero attached hydrogens (tertiary/aromatic N) is 3. The number of ether oxygens (including phenoxy) is 1. The van der Waals surface area contributed by atoms with E-state index in [1.165, 1.54) is 6.07 Å². The fraction of sp³-hybridized carbons (Fsp3) is 0.185. The van der Waals surface area contributed by atoms with Gasteiger partial charge in [0.2, 0.25) is 0 Å². The molecule has 1 heterocycles. The summed E-state index contributed by atoms with van der Waals surface area (Å²) in [5.41, 5.74) is 3.76. The number of carbonyl (C=O) groups is 1. The summed E-state index contributed by atoms with van der Waals surface area (Å²) >= 11 is 3.21. The highest BCUT2D eigenvalue weighted by Crippen LogP contribution is 2.26. The van der Waals surface area contributed by atoms with Gasteiger partial charge in [-0.05, 0) is 36.2 Å². The van der Waals surface area contributed by atoms with Crippen LogP contribution < -0.4 is 4.74 Å². The molecule has 3 aromatic carbocycles. The predicted molar refractivity (Wildman–Crippen MR) is 140 cm³/mol. The van der Waals surface area contributed by atoms with Crippen molar-refractivity contribution in [1.82, 2.24) is 13.9 Å². The van der Waals surface area contributed by atoms with E-state index in [0.29, 0.717) is 10.7 Å². The molecule has 0 saturated carbocycles. The van der Waals surface area contributed by atoms with Crippen molar-refractivity contribution < 1.29 is 18.3 Å². The van der Waals surface area contributed by atoms with Crippen LogP contribution in [-0.4, -0.2) is 35.3 Å². The molecule has 0 fully saturated rings. The van der Waals surface area contributed by atoms with E-state index in [2.05, 4.69) is 18.4 Å². The Morgan fingerprint density at radius 1 is 1.06 bits per heavy atom. The smallest absolute Gasteiger partial charge is 0.426 e. The second-order valence-electron chi connectivity index (χ2n) is 8.41. The molecular formula is C27H25ClN3O4S-. The third-order valence-corrected chi connectivity index (χ3v) is 6.56. The molecule has 0 aliphatic carbocycles. The topological polar surface area (TPSA) is 87.5 Å². The van der Waals surface area contributed by atoms with Crippen LogP contribution in [0, 0.1) is 0 Å². The Morgan fingerprint density at radius 3 is 2.36 bits per heavy atom. The van der Waals surface area contributed by atoms with Gasteiger partial charge in [-0.3, -0.25) is 4.21 Å². The molecule has 1 atom stereocenters. The van der Waals surface area contributed by atoms with Gasteiger partial charge in [-0.2, -0.15) is 0 Å². The SMILES string of the molecule is CC(C)c1nc(-c2ccccc2)cn1-c1ccc(CCN(C(=O)Oc2ccccc2Cl)S(=O)[O-])cc1. The van der Waals surface area contributed by atoms with Crippen LogP contribution in [0.25, 0.3) is 16.9 Å². The standard InChI is InChI=1S/C27H26ClN3O4S/c1-19(2)26-29-24(21-8-4-3-5-9-21)18-30(26)22-14-12-20(13-15-22)16-17-31(36(33)34)27(32)35-25-11-7-6-10-23(25)28/h3-15,18-19H,16-17H2,1-2H3,(H,33,34)/p-1. The highest BCUT2D eigenvalue weighted by Gasteiger charge is 2.19. The number of benzene rings is 3. The maximum absolute atomic E-state index is 12.4. The van der Waals surface area contributed by atoms with Gasteiger partial charge in [-0.25, -0.2) is 14.1 Å². The van der Waals surface area contributed by atoms with Crippen molar-refractivity contribution in [1.29, 1.82) is 0 Å². The normalized spacial score (nSPS) is 11.9. The molecule has 4 rings (SSSR count). The van der Waals surface area contributed by atoms with Crippen LogP contribution in [-0.2, 0) is 17.7 Å². The maximum Gasteiger partial charge on any atom is 0.426 e. The van der Waals surface area contributed by atoms with Crippen LogP contribution >= 0.6 is 11.6 Å². The molecule has 0 aliphatic rings. The minimum atomic E-state index is -2.79. The maximum atomic E-state index is 12.4. The van der Waals surface area contributed by atoms with E-state index in [-0.39, 0.29) is 23.2 Å². The summed E-state index contributed by atoms with van der Waals surface area (Å²) in [5.74, 6) is 1.25. The lowest BCUT2D eigenvalue weighted by Gasteiger charge is -2.23. The second-order valence-corrected chi connectivity index (χ2v) is 9.69. The minimum absolute atomic E-state index is 0.0702. The predicted octanol–water partition coefficient (Wildman–Crippen LogP) is 6.15. The van der Waals surface area contributed by atoms with Gasteiger partial charge in [-0.1, -0.05) is 80.0 Å². The Balaban J connectivity index is 1.48. The van der Waals surface area contributed by atoms with Gasteiger partial charge >= 0.3 is 6.09 Å². The fourth-order valence-corrected chi connectivity index (χ4v) is 4.28. The zero-order chi connectivity index (χ0) is 25.7. The molecule has 36 heavy (non-hydrogen) atoms. The fourth-order valence-electron chi connectivity index (χ4n) is 3.71. The molecule has 1 amide bonds. The Bertz CT molecular complexity index is 1360. The first-order chi connectivity index (χ1) is 17.3. The number of para-hydroxylation sites is 1. The molecule has 0 N–H and O–H groups in total. The third-order valence-electron chi connectivity index (χ3n) is 5.55. The number of aromatic nitrogens is 2. The zero-order valence-corrected chi connectivity index (χ0v) is 21.4. The molecule has 0 radical (unpaired) electrons. The molecule has 186 valence electrons. The van der Waals surface area contributed by atoms with Gasteiger partial charge in [0.25, 0.3) is 0 Å². The van der Waals surface area contributed by atoms with Gasteiger partial charge in [0, 0.05) is 29.9 Å². The number of halogens is 1. The Morgan fingerprint density at radius 2 is 1.72 bits per heavy atom. The largest absolute Gasteiger partial charge is 0.755 e. The Labute approximate surface area is 217 Å². The van der Waals surface area contributed by atoms with E-state index in [1.807, 2.05) is 60.8 Å². The van der Waals surface area contributed by atoms with E-state index >= 15 is 0 Å². The second kappa shape index (κ2) is 11.5. The van der Waals surface area contributed by atoms with Gasteiger partial charge in [0.15, 0.2) is 5.75 Å². The molecule has 9 heteroatoms.